The minimum absolute atomic E-state index is 0.0461. The first-order valence-electron chi connectivity index (χ1n) is 6.46. The molecule has 2 rings (SSSR count). The third kappa shape index (κ3) is 2.87. The van der Waals surface area contributed by atoms with Gasteiger partial charge in [-0.15, -0.1) is 0 Å². The Morgan fingerprint density at radius 1 is 1.41 bits per heavy atom. The molecule has 94 valence electrons. The quantitative estimate of drug-likeness (QED) is 0.873. The Morgan fingerprint density at radius 3 is 2.82 bits per heavy atom. The summed E-state index contributed by atoms with van der Waals surface area (Å²) < 4.78 is 1.56. The van der Waals surface area contributed by atoms with Crippen LogP contribution in [0.25, 0.3) is 0 Å². The molecule has 0 amide bonds. The Morgan fingerprint density at radius 2 is 2.12 bits per heavy atom. The second-order valence-electron chi connectivity index (χ2n) is 5.02. The van der Waals surface area contributed by atoms with Crippen molar-refractivity contribution in [1.29, 1.82) is 0 Å². The molecule has 0 aromatic carbocycles. The van der Waals surface area contributed by atoms with Crippen molar-refractivity contribution >= 4 is 5.82 Å². The van der Waals surface area contributed by atoms with Gasteiger partial charge in [0.2, 0.25) is 0 Å². The molecule has 1 aliphatic rings. The van der Waals surface area contributed by atoms with Gasteiger partial charge in [0.05, 0.1) is 0 Å². The number of nitrogens with one attached hydrogen (secondary N) is 1. The number of hydrogen-bond acceptors (Lipinski definition) is 3. The zero-order chi connectivity index (χ0) is 12.3. The van der Waals surface area contributed by atoms with Crippen LogP contribution in [0.3, 0.4) is 0 Å². The zero-order valence-corrected chi connectivity index (χ0v) is 10.6. The maximum atomic E-state index is 11.8. The van der Waals surface area contributed by atoms with Crippen LogP contribution in [0.2, 0.25) is 0 Å². The number of aryl methyl sites for hydroxylation is 1. The number of nitrogens with zero attached hydrogens (tertiary/aromatic N) is 2. The summed E-state index contributed by atoms with van der Waals surface area (Å²) >= 11 is 0. The molecule has 1 heterocycles. The second kappa shape index (κ2) is 5.34. The van der Waals surface area contributed by atoms with Crippen molar-refractivity contribution < 1.29 is 0 Å². The molecule has 0 radical (unpaired) electrons. The van der Waals surface area contributed by atoms with E-state index in [0.717, 1.165) is 0 Å². The number of aromatic nitrogens is 2. The van der Waals surface area contributed by atoms with Crippen molar-refractivity contribution in [1.82, 2.24) is 9.55 Å². The second-order valence-corrected chi connectivity index (χ2v) is 5.02. The lowest BCUT2D eigenvalue weighted by Gasteiger charge is -2.28. The first kappa shape index (κ1) is 12.1. The van der Waals surface area contributed by atoms with Crippen molar-refractivity contribution in [2.24, 2.45) is 13.0 Å². The smallest absolute Gasteiger partial charge is 0.293 e. The highest BCUT2D eigenvalue weighted by Gasteiger charge is 2.20. The number of hydrogen-bond donors (Lipinski definition) is 1. The summed E-state index contributed by atoms with van der Waals surface area (Å²) in [5, 5.41) is 3.28. The summed E-state index contributed by atoms with van der Waals surface area (Å²) in [6.07, 6.45) is 9.86. The van der Waals surface area contributed by atoms with Gasteiger partial charge < -0.3 is 9.88 Å². The van der Waals surface area contributed by atoms with Crippen LogP contribution in [-0.4, -0.2) is 15.6 Å². The van der Waals surface area contributed by atoms with Crippen molar-refractivity contribution in [2.75, 3.05) is 5.32 Å². The molecule has 4 heteroatoms. The molecular formula is C13H21N3O. The zero-order valence-electron chi connectivity index (χ0n) is 10.6. The van der Waals surface area contributed by atoms with Gasteiger partial charge in [-0.1, -0.05) is 19.3 Å². The van der Waals surface area contributed by atoms with E-state index in [9.17, 15) is 4.79 Å². The first-order chi connectivity index (χ1) is 8.18. The molecular weight excluding hydrogens is 214 g/mol. The van der Waals surface area contributed by atoms with Gasteiger partial charge in [-0.3, -0.25) is 4.79 Å². The highest BCUT2D eigenvalue weighted by atomic mass is 16.1. The van der Waals surface area contributed by atoms with E-state index in [-0.39, 0.29) is 5.56 Å². The molecule has 1 unspecified atom stereocenters. The van der Waals surface area contributed by atoms with E-state index >= 15 is 0 Å². The van der Waals surface area contributed by atoms with Crippen LogP contribution < -0.4 is 10.9 Å². The van der Waals surface area contributed by atoms with Gasteiger partial charge >= 0.3 is 0 Å². The van der Waals surface area contributed by atoms with Gasteiger partial charge in [-0.25, -0.2) is 4.98 Å². The fourth-order valence-electron chi connectivity index (χ4n) is 2.56. The maximum Gasteiger partial charge on any atom is 0.293 e. The lowest BCUT2D eigenvalue weighted by molar-refractivity contribution is 0.328. The minimum Gasteiger partial charge on any atom is -0.363 e. The molecule has 0 spiro atoms. The van der Waals surface area contributed by atoms with E-state index < -0.39 is 0 Å². The average molecular weight is 235 g/mol. The summed E-state index contributed by atoms with van der Waals surface area (Å²) in [5.74, 6) is 1.16. The molecule has 1 aliphatic carbocycles. The summed E-state index contributed by atoms with van der Waals surface area (Å²) in [5.41, 5.74) is -0.0461. The summed E-state index contributed by atoms with van der Waals surface area (Å²) in [4.78, 5) is 16.0. The number of rotatable bonds is 3. The van der Waals surface area contributed by atoms with E-state index in [1.165, 1.54) is 32.1 Å². The molecule has 4 nitrogen and oxygen atoms in total. The van der Waals surface area contributed by atoms with E-state index in [4.69, 9.17) is 0 Å². The molecule has 1 fully saturated rings. The van der Waals surface area contributed by atoms with Crippen LogP contribution in [-0.2, 0) is 7.05 Å². The summed E-state index contributed by atoms with van der Waals surface area (Å²) in [6, 6.07) is 0.331. The van der Waals surface area contributed by atoms with Gasteiger partial charge in [0, 0.05) is 25.5 Å². The fourth-order valence-corrected chi connectivity index (χ4v) is 2.56. The monoisotopic (exact) mass is 235 g/mol. The third-order valence-electron chi connectivity index (χ3n) is 3.74. The predicted octanol–water partition coefficient (Wildman–Crippen LogP) is 2.16. The molecule has 1 saturated carbocycles. The molecule has 1 aromatic rings. The lowest BCUT2D eigenvalue weighted by atomic mass is 9.84. The Kier molecular flexibility index (Phi) is 3.82. The minimum atomic E-state index is -0.0461. The molecule has 17 heavy (non-hydrogen) atoms. The lowest BCUT2D eigenvalue weighted by Crippen LogP contribution is -2.32. The van der Waals surface area contributed by atoms with Gasteiger partial charge in [0.15, 0.2) is 5.82 Å². The number of anilines is 1. The Bertz CT molecular complexity index is 421. The molecule has 0 aliphatic heterocycles. The molecule has 1 aromatic heterocycles. The van der Waals surface area contributed by atoms with Gasteiger partial charge in [0.1, 0.15) is 0 Å². The normalized spacial score (nSPS) is 18.9. The molecule has 0 bridgehead atoms. The van der Waals surface area contributed by atoms with Crippen LogP contribution in [0.5, 0.6) is 0 Å². The highest BCUT2D eigenvalue weighted by Crippen LogP contribution is 2.27. The molecule has 1 N–H and O–H groups in total. The van der Waals surface area contributed by atoms with E-state index in [0.29, 0.717) is 17.8 Å². The Balaban J connectivity index is 2.04. The van der Waals surface area contributed by atoms with Crippen LogP contribution in [0, 0.1) is 5.92 Å². The Labute approximate surface area is 102 Å². The van der Waals surface area contributed by atoms with E-state index in [2.05, 4.69) is 17.2 Å². The van der Waals surface area contributed by atoms with Gasteiger partial charge in [-0.05, 0) is 25.7 Å². The van der Waals surface area contributed by atoms with Crippen molar-refractivity contribution in [3.05, 3.63) is 22.7 Å². The molecule has 0 saturated heterocycles. The van der Waals surface area contributed by atoms with Crippen molar-refractivity contribution in [2.45, 2.75) is 45.1 Å². The highest BCUT2D eigenvalue weighted by molar-refractivity contribution is 5.32. The van der Waals surface area contributed by atoms with Gasteiger partial charge in [-0.2, -0.15) is 0 Å². The van der Waals surface area contributed by atoms with Crippen molar-refractivity contribution in [3.8, 4) is 0 Å². The van der Waals surface area contributed by atoms with Gasteiger partial charge in [0.25, 0.3) is 5.56 Å². The van der Waals surface area contributed by atoms with E-state index in [1.54, 1.807) is 24.0 Å². The third-order valence-corrected chi connectivity index (χ3v) is 3.74. The SMILES string of the molecule is CC(Nc1nccn(C)c1=O)C1CCCCC1. The average Bonchev–Trinajstić information content (AvgIpc) is 2.36. The predicted molar refractivity (Wildman–Crippen MR) is 69.1 cm³/mol. The fraction of sp³-hybridized carbons (Fsp3) is 0.692. The largest absolute Gasteiger partial charge is 0.363 e. The van der Waals surface area contributed by atoms with Crippen LogP contribution in [0.1, 0.15) is 39.0 Å². The maximum absolute atomic E-state index is 11.8. The van der Waals surface area contributed by atoms with Crippen molar-refractivity contribution in [3.63, 3.8) is 0 Å². The topological polar surface area (TPSA) is 46.9 Å². The summed E-state index contributed by atoms with van der Waals surface area (Å²) in [6.45, 7) is 2.16. The molecule has 1 atom stereocenters. The van der Waals surface area contributed by atoms with Crippen LogP contribution >= 0.6 is 0 Å². The first-order valence-corrected chi connectivity index (χ1v) is 6.46. The van der Waals surface area contributed by atoms with Crippen LogP contribution in [0.15, 0.2) is 17.2 Å². The summed E-state index contributed by atoms with van der Waals surface area (Å²) in [7, 11) is 1.75. The van der Waals surface area contributed by atoms with E-state index in [1.807, 2.05) is 0 Å². The Hall–Kier alpha value is -1.32. The van der Waals surface area contributed by atoms with Crippen LogP contribution in [0.4, 0.5) is 5.82 Å². The standard InChI is InChI=1S/C13H21N3O/c1-10(11-6-4-3-5-7-11)15-12-13(17)16(2)9-8-14-12/h8-11H,3-7H2,1-2H3,(H,14,15).